The van der Waals surface area contributed by atoms with Crippen LogP contribution in [0, 0.1) is 5.92 Å². The lowest BCUT2D eigenvalue weighted by Crippen LogP contribution is -2.34. The molecule has 0 aromatic heterocycles. The Morgan fingerprint density at radius 1 is 1.26 bits per heavy atom. The first-order valence-electron chi connectivity index (χ1n) is 7.82. The molecular weight excluding hydrogens is 250 g/mol. The Morgan fingerprint density at radius 3 is 3.05 bits per heavy atom. The van der Waals surface area contributed by atoms with Crippen LogP contribution in [0.5, 0.6) is 0 Å². The largest absolute Gasteiger partial charge is 0.314 e. The molecule has 0 radical (unpaired) electrons. The number of hydrogen-bond acceptors (Lipinski definition) is 2. The van der Waals surface area contributed by atoms with E-state index in [0.717, 1.165) is 24.4 Å². The second kappa shape index (κ2) is 6.32. The maximum absolute atomic E-state index is 3.65. The van der Waals surface area contributed by atoms with Gasteiger partial charge in [-0.05, 0) is 49.3 Å². The van der Waals surface area contributed by atoms with E-state index in [0.29, 0.717) is 0 Å². The van der Waals surface area contributed by atoms with Gasteiger partial charge in [-0.1, -0.05) is 38.0 Å². The fourth-order valence-electron chi connectivity index (χ4n) is 3.81. The minimum Gasteiger partial charge on any atom is -0.314 e. The quantitative estimate of drug-likeness (QED) is 0.872. The van der Waals surface area contributed by atoms with E-state index in [1.54, 1.807) is 5.56 Å². The third kappa shape index (κ3) is 3.17. The van der Waals surface area contributed by atoms with Crippen molar-refractivity contribution in [2.75, 3.05) is 12.3 Å². The minimum absolute atomic E-state index is 0.785. The Bertz CT molecular complexity index is 415. The Balaban J connectivity index is 1.60. The molecule has 0 bridgehead atoms. The van der Waals surface area contributed by atoms with Crippen molar-refractivity contribution in [3.05, 3.63) is 29.8 Å². The highest BCUT2D eigenvalue weighted by Gasteiger charge is 2.28. The Hall–Kier alpha value is -0.470. The fourth-order valence-corrected chi connectivity index (χ4v) is 5.08. The number of hydrogen-bond donors (Lipinski definition) is 1. The summed E-state index contributed by atoms with van der Waals surface area (Å²) < 4.78 is 0. The maximum Gasteiger partial charge on any atom is 0.0107 e. The van der Waals surface area contributed by atoms with Crippen LogP contribution in [0.1, 0.15) is 50.5 Å². The first-order valence-corrected chi connectivity index (χ1v) is 8.80. The minimum atomic E-state index is 0.785. The smallest absolute Gasteiger partial charge is 0.0107 e. The SMILES string of the molecule is CCNC1CCCC(CC2CSc3ccccc32)C1. The number of benzene rings is 1. The van der Waals surface area contributed by atoms with Crippen molar-refractivity contribution in [3.63, 3.8) is 0 Å². The molecule has 0 amide bonds. The zero-order chi connectivity index (χ0) is 13.1. The van der Waals surface area contributed by atoms with E-state index in [1.165, 1.54) is 42.8 Å². The van der Waals surface area contributed by atoms with Crippen LogP contribution in [0.3, 0.4) is 0 Å². The normalized spacial score (nSPS) is 30.3. The molecule has 1 nitrogen and oxygen atoms in total. The zero-order valence-corrected chi connectivity index (χ0v) is 12.7. The number of fused-ring (bicyclic) bond motifs is 1. The van der Waals surface area contributed by atoms with Crippen molar-refractivity contribution >= 4 is 11.8 Å². The molecule has 1 aliphatic heterocycles. The van der Waals surface area contributed by atoms with Crippen LogP contribution < -0.4 is 5.32 Å². The van der Waals surface area contributed by atoms with Crippen molar-refractivity contribution < 1.29 is 0 Å². The molecule has 1 saturated carbocycles. The molecule has 3 unspecified atom stereocenters. The highest BCUT2D eigenvalue weighted by Crippen LogP contribution is 2.44. The molecule has 0 saturated heterocycles. The summed E-state index contributed by atoms with van der Waals surface area (Å²) in [6, 6.07) is 9.82. The van der Waals surface area contributed by atoms with Crippen molar-refractivity contribution in [3.8, 4) is 0 Å². The van der Waals surface area contributed by atoms with Gasteiger partial charge in [0.1, 0.15) is 0 Å². The van der Waals surface area contributed by atoms with Crippen LogP contribution >= 0.6 is 11.8 Å². The third-order valence-electron chi connectivity index (χ3n) is 4.69. The number of nitrogens with one attached hydrogen (secondary N) is 1. The molecule has 1 aromatic carbocycles. The van der Waals surface area contributed by atoms with Crippen molar-refractivity contribution in [2.45, 2.75) is 55.9 Å². The van der Waals surface area contributed by atoms with Gasteiger partial charge in [0.2, 0.25) is 0 Å². The van der Waals surface area contributed by atoms with E-state index in [1.807, 2.05) is 0 Å². The molecule has 19 heavy (non-hydrogen) atoms. The van der Waals surface area contributed by atoms with E-state index in [4.69, 9.17) is 0 Å². The molecule has 1 heterocycles. The van der Waals surface area contributed by atoms with Gasteiger partial charge in [-0.2, -0.15) is 0 Å². The van der Waals surface area contributed by atoms with Crippen LogP contribution in [0.15, 0.2) is 29.2 Å². The summed E-state index contributed by atoms with van der Waals surface area (Å²) in [7, 11) is 0. The second-order valence-corrected chi connectivity index (χ2v) is 7.13. The Morgan fingerprint density at radius 2 is 2.16 bits per heavy atom. The Labute approximate surface area is 121 Å². The predicted molar refractivity (Wildman–Crippen MR) is 83.9 cm³/mol. The Kier molecular flexibility index (Phi) is 4.49. The fraction of sp³-hybridized carbons (Fsp3) is 0.647. The molecular formula is C17H25NS. The van der Waals surface area contributed by atoms with Crippen LogP contribution in [0.4, 0.5) is 0 Å². The van der Waals surface area contributed by atoms with Gasteiger partial charge in [-0.25, -0.2) is 0 Å². The molecule has 1 aliphatic carbocycles. The molecule has 1 fully saturated rings. The molecule has 3 atom stereocenters. The van der Waals surface area contributed by atoms with E-state index in [-0.39, 0.29) is 0 Å². The van der Waals surface area contributed by atoms with Crippen LogP contribution in [-0.4, -0.2) is 18.3 Å². The van der Waals surface area contributed by atoms with Crippen molar-refractivity contribution in [1.82, 2.24) is 5.32 Å². The summed E-state index contributed by atoms with van der Waals surface area (Å²) in [6.07, 6.45) is 7.07. The lowest BCUT2D eigenvalue weighted by molar-refractivity contribution is 0.267. The molecule has 1 N–H and O–H groups in total. The van der Waals surface area contributed by atoms with Crippen LogP contribution in [-0.2, 0) is 0 Å². The molecule has 0 spiro atoms. The van der Waals surface area contributed by atoms with Gasteiger partial charge in [0.25, 0.3) is 0 Å². The molecule has 3 rings (SSSR count). The third-order valence-corrected chi connectivity index (χ3v) is 5.94. The van der Waals surface area contributed by atoms with Gasteiger partial charge in [-0.3, -0.25) is 0 Å². The topological polar surface area (TPSA) is 12.0 Å². The van der Waals surface area contributed by atoms with Gasteiger partial charge >= 0.3 is 0 Å². The number of thioether (sulfide) groups is 1. The summed E-state index contributed by atoms with van der Waals surface area (Å²) in [5.41, 5.74) is 1.62. The van der Waals surface area contributed by atoms with E-state index < -0.39 is 0 Å². The summed E-state index contributed by atoms with van der Waals surface area (Å²) in [5, 5.41) is 3.65. The van der Waals surface area contributed by atoms with Gasteiger partial charge in [0, 0.05) is 16.7 Å². The molecule has 1 aromatic rings. The van der Waals surface area contributed by atoms with Gasteiger partial charge in [-0.15, -0.1) is 11.8 Å². The first-order chi connectivity index (χ1) is 9.36. The van der Waals surface area contributed by atoms with Crippen molar-refractivity contribution in [1.29, 1.82) is 0 Å². The molecule has 2 aliphatic rings. The van der Waals surface area contributed by atoms with Gasteiger partial charge in [0.05, 0.1) is 0 Å². The average Bonchev–Trinajstić information content (AvgIpc) is 2.83. The van der Waals surface area contributed by atoms with E-state index in [9.17, 15) is 0 Å². The predicted octanol–water partition coefficient (Wildman–Crippen LogP) is 4.43. The number of rotatable bonds is 4. The van der Waals surface area contributed by atoms with Gasteiger partial charge in [0.15, 0.2) is 0 Å². The monoisotopic (exact) mass is 275 g/mol. The van der Waals surface area contributed by atoms with Crippen LogP contribution in [0.25, 0.3) is 0 Å². The lowest BCUT2D eigenvalue weighted by atomic mass is 9.79. The summed E-state index contributed by atoms with van der Waals surface area (Å²) in [5.74, 6) is 3.06. The first kappa shape index (κ1) is 13.5. The van der Waals surface area contributed by atoms with Crippen LogP contribution in [0.2, 0.25) is 0 Å². The summed E-state index contributed by atoms with van der Waals surface area (Å²) in [6.45, 7) is 3.35. The summed E-state index contributed by atoms with van der Waals surface area (Å²) in [4.78, 5) is 1.53. The highest BCUT2D eigenvalue weighted by molar-refractivity contribution is 7.99. The van der Waals surface area contributed by atoms with E-state index in [2.05, 4.69) is 48.3 Å². The van der Waals surface area contributed by atoms with Gasteiger partial charge < -0.3 is 5.32 Å². The average molecular weight is 275 g/mol. The zero-order valence-electron chi connectivity index (χ0n) is 11.9. The van der Waals surface area contributed by atoms with E-state index >= 15 is 0 Å². The highest BCUT2D eigenvalue weighted by atomic mass is 32.2. The lowest BCUT2D eigenvalue weighted by Gasteiger charge is -2.31. The standard InChI is InChI=1S/C17H25NS/c1-2-18-15-7-5-6-13(11-15)10-14-12-19-17-9-4-3-8-16(14)17/h3-4,8-9,13-15,18H,2,5-7,10-12H2,1H3. The second-order valence-electron chi connectivity index (χ2n) is 6.07. The molecule has 2 heteroatoms. The maximum atomic E-state index is 3.65. The summed E-state index contributed by atoms with van der Waals surface area (Å²) >= 11 is 2.06. The van der Waals surface area contributed by atoms with Crippen molar-refractivity contribution in [2.24, 2.45) is 5.92 Å². The molecule has 104 valence electrons.